The number of carboxylic acid groups (broad SMARTS) is 1. The molecule has 3 aromatic rings. The number of hydrogen-bond donors (Lipinski definition) is 1. The molecule has 26 heavy (non-hydrogen) atoms. The van der Waals surface area contributed by atoms with Crippen molar-refractivity contribution in [1.82, 2.24) is 9.88 Å². The number of carbonyl (C=O) groups is 1. The van der Waals surface area contributed by atoms with Crippen molar-refractivity contribution < 1.29 is 14.6 Å². The molecule has 2 aromatic heterocycles. The molecule has 1 fully saturated rings. The van der Waals surface area contributed by atoms with E-state index in [1.54, 1.807) is 18.5 Å². The largest absolute Gasteiger partial charge is 0.477 e. The summed E-state index contributed by atoms with van der Waals surface area (Å²) in [6.45, 7) is 5.72. The first-order valence-corrected chi connectivity index (χ1v) is 9.48. The molecule has 1 saturated heterocycles. The predicted molar refractivity (Wildman–Crippen MR) is 103 cm³/mol. The number of hydrogen-bond acceptors (Lipinski definition) is 5. The van der Waals surface area contributed by atoms with Crippen LogP contribution in [0.5, 0.6) is 0 Å². The van der Waals surface area contributed by atoms with Gasteiger partial charge < -0.3 is 9.84 Å². The van der Waals surface area contributed by atoms with Gasteiger partial charge in [0.2, 0.25) is 0 Å². The molecule has 4 rings (SSSR count). The Morgan fingerprint density at radius 1 is 1.23 bits per heavy atom. The Hall–Kier alpha value is -2.28. The highest BCUT2D eigenvalue weighted by atomic mass is 32.1. The molecule has 1 atom stereocenters. The molecule has 0 radical (unpaired) electrons. The van der Waals surface area contributed by atoms with E-state index < -0.39 is 5.97 Å². The summed E-state index contributed by atoms with van der Waals surface area (Å²) in [7, 11) is 0. The predicted octanol–water partition coefficient (Wildman–Crippen LogP) is 4.05. The van der Waals surface area contributed by atoms with E-state index in [0.717, 1.165) is 47.5 Å². The van der Waals surface area contributed by atoms with Crippen molar-refractivity contribution in [2.45, 2.75) is 13.0 Å². The average molecular weight is 368 g/mol. The number of carboxylic acids is 1. The molecule has 0 bridgehead atoms. The molecular formula is C20H20N2O3S. The Morgan fingerprint density at radius 3 is 2.65 bits per heavy atom. The minimum atomic E-state index is -0.896. The summed E-state index contributed by atoms with van der Waals surface area (Å²) in [6, 6.07) is 10.6. The molecule has 134 valence electrons. The van der Waals surface area contributed by atoms with Crippen LogP contribution >= 0.6 is 11.3 Å². The number of morpholine rings is 1. The van der Waals surface area contributed by atoms with E-state index in [2.05, 4.69) is 41.1 Å². The molecule has 1 aromatic carbocycles. The number of ether oxygens (including phenoxy) is 1. The van der Waals surface area contributed by atoms with Crippen molar-refractivity contribution in [3.05, 3.63) is 53.2 Å². The topological polar surface area (TPSA) is 62.7 Å². The maximum atomic E-state index is 11.3. The summed E-state index contributed by atoms with van der Waals surface area (Å²) in [5, 5.41) is 10.2. The summed E-state index contributed by atoms with van der Waals surface area (Å²) in [6.07, 6.45) is 3.53. The van der Waals surface area contributed by atoms with Crippen LogP contribution in [0, 0.1) is 0 Å². The van der Waals surface area contributed by atoms with Gasteiger partial charge in [-0.3, -0.25) is 9.88 Å². The van der Waals surface area contributed by atoms with Crippen molar-refractivity contribution in [3.8, 4) is 11.1 Å². The Balaban J connectivity index is 1.64. The van der Waals surface area contributed by atoms with Crippen molar-refractivity contribution in [1.29, 1.82) is 0 Å². The number of rotatable bonds is 4. The molecule has 5 nitrogen and oxygen atoms in total. The zero-order valence-electron chi connectivity index (χ0n) is 14.5. The third-order valence-corrected chi connectivity index (χ3v) is 6.01. The van der Waals surface area contributed by atoms with Crippen molar-refractivity contribution in [2.75, 3.05) is 26.3 Å². The molecule has 0 saturated carbocycles. The SMILES string of the molecule is C[C@@H](c1ccc(-c2cncc3sc(C(=O)O)cc23)cc1)N1CCOCC1. The third kappa shape index (κ3) is 3.23. The number of aromatic nitrogens is 1. The monoisotopic (exact) mass is 368 g/mol. The first-order valence-electron chi connectivity index (χ1n) is 8.66. The van der Waals surface area contributed by atoms with Crippen LogP contribution in [0.15, 0.2) is 42.7 Å². The maximum absolute atomic E-state index is 11.3. The fraction of sp³-hybridized carbons (Fsp3) is 0.300. The minimum absolute atomic E-state index is 0.340. The second kappa shape index (κ2) is 7.15. The van der Waals surface area contributed by atoms with E-state index in [4.69, 9.17) is 4.74 Å². The van der Waals surface area contributed by atoms with Crippen LogP contribution in [-0.2, 0) is 4.74 Å². The summed E-state index contributed by atoms with van der Waals surface area (Å²) < 4.78 is 6.33. The highest BCUT2D eigenvalue weighted by Crippen LogP contribution is 2.34. The number of aromatic carboxylic acids is 1. The average Bonchev–Trinajstić information content (AvgIpc) is 3.13. The molecule has 1 aliphatic rings. The van der Waals surface area contributed by atoms with Crippen LogP contribution in [0.3, 0.4) is 0 Å². The van der Waals surface area contributed by atoms with E-state index in [1.165, 1.54) is 16.9 Å². The fourth-order valence-electron chi connectivity index (χ4n) is 3.41. The zero-order valence-corrected chi connectivity index (χ0v) is 15.3. The number of fused-ring (bicyclic) bond motifs is 1. The molecule has 0 spiro atoms. The van der Waals surface area contributed by atoms with E-state index >= 15 is 0 Å². The molecule has 1 N–H and O–H groups in total. The molecular weight excluding hydrogens is 348 g/mol. The third-order valence-electron chi connectivity index (χ3n) is 4.95. The van der Waals surface area contributed by atoms with Gasteiger partial charge in [0.1, 0.15) is 4.88 Å². The first kappa shape index (κ1) is 17.1. The van der Waals surface area contributed by atoms with Gasteiger partial charge in [0.05, 0.1) is 17.9 Å². The zero-order chi connectivity index (χ0) is 18.1. The van der Waals surface area contributed by atoms with Crippen molar-refractivity contribution in [2.24, 2.45) is 0 Å². The number of benzene rings is 1. The van der Waals surface area contributed by atoms with Gasteiger partial charge in [0.15, 0.2) is 0 Å². The lowest BCUT2D eigenvalue weighted by atomic mass is 9.99. The molecule has 0 unspecified atom stereocenters. The van der Waals surface area contributed by atoms with Crippen LogP contribution in [0.4, 0.5) is 0 Å². The van der Waals surface area contributed by atoms with Gasteiger partial charge in [0.25, 0.3) is 0 Å². The van der Waals surface area contributed by atoms with Crippen LogP contribution in [0.1, 0.15) is 28.2 Å². The quantitative estimate of drug-likeness (QED) is 0.753. The van der Waals surface area contributed by atoms with Crippen molar-refractivity contribution >= 4 is 27.4 Å². The Bertz CT molecular complexity index is 930. The lowest BCUT2D eigenvalue weighted by Crippen LogP contribution is -2.37. The van der Waals surface area contributed by atoms with Gasteiger partial charge in [-0.25, -0.2) is 4.79 Å². The lowest BCUT2D eigenvalue weighted by Gasteiger charge is -2.32. The second-order valence-electron chi connectivity index (χ2n) is 6.46. The number of nitrogens with zero attached hydrogens (tertiary/aromatic N) is 2. The molecule has 0 amide bonds. The summed E-state index contributed by atoms with van der Waals surface area (Å²) in [5.74, 6) is -0.896. The summed E-state index contributed by atoms with van der Waals surface area (Å²) >= 11 is 1.26. The smallest absolute Gasteiger partial charge is 0.345 e. The van der Waals surface area contributed by atoms with Crippen LogP contribution in [-0.4, -0.2) is 47.3 Å². The lowest BCUT2D eigenvalue weighted by molar-refractivity contribution is 0.0198. The molecule has 3 heterocycles. The van der Waals surface area contributed by atoms with Gasteiger partial charge in [0, 0.05) is 42.5 Å². The van der Waals surface area contributed by atoms with Crippen molar-refractivity contribution in [3.63, 3.8) is 0 Å². The number of thiophene rings is 1. The van der Waals surface area contributed by atoms with E-state index in [9.17, 15) is 9.90 Å². The van der Waals surface area contributed by atoms with E-state index in [0.29, 0.717) is 10.9 Å². The second-order valence-corrected chi connectivity index (χ2v) is 7.54. The van der Waals surface area contributed by atoms with Gasteiger partial charge in [-0.2, -0.15) is 0 Å². The highest BCUT2D eigenvalue weighted by molar-refractivity contribution is 7.20. The maximum Gasteiger partial charge on any atom is 0.345 e. The van der Waals surface area contributed by atoms with Gasteiger partial charge in [-0.15, -0.1) is 11.3 Å². The summed E-state index contributed by atoms with van der Waals surface area (Å²) in [4.78, 5) is 18.3. The molecule has 1 aliphatic heterocycles. The van der Waals surface area contributed by atoms with E-state index in [-0.39, 0.29) is 0 Å². The minimum Gasteiger partial charge on any atom is -0.477 e. The Morgan fingerprint density at radius 2 is 1.96 bits per heavy atom. The Labute approximate surface area is 155 Å². The van der Waals surface area contributed by atoms with Crippen LogP contribution < -0.4 is 0 Å². The molecule has 0 aliphatic carbocycles. The normalized spacial score (nSPS) is 16.7. The fourth-order valence-corrected chi connectivity index (χ4v) is 4.31. The standard InChI is InChI=1S/C20H20N2O3S/c1-13(22-6-8-25-9-7-22)14-2-4-15(5-3-14)17-11-21-12-19-16(17)10-18(26-19)20(23)24/h2-5,10-13H,6-9H2,1H3,(H,23,24)/t13-/m0/s1. The van der Waals surface area contributed by atoms with Gasteiger partial charge in [-0.1, -0.05) is 24.3 Å². The Kier molecular flexibility index (Phi) is 4.72. The summed E-state index contributed by atoms with van der Waals surface area (Å²) in [5.41, 5.74) is 3.29. The highest BCUT2D eigenvalue weighted by Gasteiger charge is 2.19. The van der Waals surface area contributed by atoms with Gasteiger partial charge in [-0.05, 0) is 24.1 Å². The van der Waals surface area contributed by atoms with Crippen LogP contribution in [0.2, 0.25) is 0 Å². The van der Waals surface area contributed by atoms with E-state index in [1.807, 2.05) is 0 Å². The van der Waals surface area contributed by atoms with Crippen LogP contribution in [0.25, 0.3) is 21.2 Å². The molecule has 6 heteroatoms. The van der Waals surface area contributed by atoms with Gasteiger partial charge >= 0.3 is 5.97 Å². The first-order chi connectivity index (χ1) is 12.6. The number of pyridine rings is 1.